The van der Waals surface area contributed by atoms with Crippen molar-refractivity contribution in [1.29, 1.82) is 0 Å². The zero-order chi connectivity index (χ0) is 13.6. The fourth-order valence-corrected chi connectivity index (χ4v) is 1.72. The second kappa shape index (κ2) is 6.78. The number of aliphatic hydroxyl groups is 1. The van der Waals surface area contributed by atoms with Crippen LogP contribution in [0.25, 0.3) is 0 Å². The summed E-state index contributed by atoms with van der Waals surface area (Å²) in [6, 6.07) is 0.0627. The molecule has 0 saturated carbocycles. The van der Waals surface area contributed by atoms with Crippen molar-refractivity contribution in [3.05, 3.63) is 23.8 Å². The Hall–Kier alpha value is -1.04. The topological polar surface area (TPSA) is 67.3 Å². The van der Waals surface area contributed by atoms with Gasteiger partial charge in [0, 0.05) is 45.1 Å². The van der Waals surface area contributed by atoms with Gasteiger partial charge in [-0.3, -0.25) is 9.97 Å². The van der Waals surface area contributed by atoms with Crippen LogP contribution in [0.15, 0.2) is 12.4 Å². The van der Waals surface area contributed by atoms with Crippen molar-refractivity contribution in [2.24, 2.45) is 0 Å². The number of aryl methyl sites for hydroxylation is 1. The lowest BCUT2D eigenvalue weighted by Gasteiger charge is -2.25. The van der Waals surface area contributed by atoms with Crippen molar-refractivity contribution < 1.29 is 9.84 Å². The number of hydrogen-bond acceptors (Lipinski definition) is 5. The SMILES string of the molecule is COCCC(C)(O)CNC(C)c1nccnc1C. The van der Waals surface area contributed by atoms with E-state index in [1.54, 1.807) is 26.4 Å². The van der Waals surface area contributed by atoms with Gasteiger partial charge in [-0.05, 0) is 20.8 Å². The van der Waals surface area contributed by atoms with Crippen LogP contribution in [0.4, 0.5) is 0 Å². The molecule has 0 bridgehead atoms. The molecule has 102 valence electrons. The van der Waals surface area contributed by atoms with E-state index < -0.39 is 5.60 Å². The summed E-state index contributed by atoms with van der Waals surface area (Å²) >= 11 is 0. The van der Waals surface area contributed by atoms with Crippen molar-refractivity contribution >= 4 is 0 Å². The van der Waals surface area contributed by atoms with Gasteiger partial charge in [0.2, 0.25) is 0 Å². The number of methoxy groups -OCH3 is 1. The van der Waals surface area contributed by atoms with E-state index in [4.69, 9.17) is 4.74 Å². The third-order valence-electron chi connectivity index (χ3n) is 2.96. The second-order valence-corrected chi connectivity index (χ2v) is 4.87. The molecule has 0 amide bonds. The Balaban J connectivity index is 2.51. The molecule has 5 heteroatoms. The normalized spacial score (nSPS) is 16.3. The quantitative estimate of drug-likeness (QED) is 0.765. The Bertz CT molecular complexity index is 369. The summed E-state index contributed by atoms with van der Waals surface area (Å²) < 4.78 is 4.98. The first-order valence-corrected chi connectivity index (χ1v) is 6.18. The van der Waals surface area contributed by atoms with Crippen molar-refractivity contribution in [1.82, 2.24) is 15.3 Å². The molecular weight excluding hydrogens is 230 g/mol. The van der Waals surface area contributed by atoms with E-state index in [9.17, 15) is 5.11 Å². The number of aromatic nitrogens is 2. The van der Waals surface area contributed by atoms with E-state index in [1.807, 2.05) is 13.8 Å². The summed E-state index contributed by atoms with van der Waals surface area (Å²) in [4.78, 5) is 8.52. The molecule has 0 aliphatic rings. The summed E-state index contributed by atoms with van der Waals surface area (Å²) in [5.74, 6) is 0. The molecule has 1 aromatic heterocycles. The number of nitrogens with zero attached hydrogens (tertiary/aromatic N) is 2. The molecule has 2 unspecified atom stereocenters. The van der Waals surface area contributed by atoms with Gasteiger partial charge in [0.05, 0.1) is 17.0 Å². The highest BCUT2D eigenvalue weighted by atomic mass is 16.5. The molecule has 0 aromatic carbocycles. The lowest BCUT2D eigenvalue weighted by Crippen LogP contribution is -2.40. The number of nitrogens with one attached hydrogen (secondary N) is 1. The van der Waals surface area contributed by atoms with Crippen LogP contribution in [0, 0.1) is 6.92 Å². The Morgan fingerprint density at radius 3 is 2.72 bits per heavy atom. The van der Waals surface area contributed by atoms with Crippen LogP contribution in [0.2, 0.25) is 0 Å². The Morgan fingerprint density at radius 2 is 2.11 bits per heavy atom. The Labute approximate surface area is 109 Å². The molecule has 0 aliphatic carbocycles. The van der Waals surface area contributed by atoms with E-state index in [2.05, 4.69) is 15.3 Å². The fraction of sp³-hybridized carbons (Fsp3) is 0.692. The van der Waals surface area contributed by atoms with Gasteiger partial charge in [-0.1, -0.05) is 0 Å². The molecule has 1 aromatic rings. The standard InChI is InChI=1S/C13H23N3O2/c1-10-12(15-7-6-14-10)11(2)16-9-13(3,17)5-8-18-4/h6-7,11,16-17H,5,8-9H2,1-4H3. The summed E-state index contributed by atoms with van der Waals surface area (Å²) in [5, 5.41) is 13.4. The molecule has 0 spiro atoms. The van der Waals surface area contributed by atoms with Crippen LogP contribution in [0.5, 0.6) is 0 Å². The zero-order valence-electron chi connectivity index (χ0n) is 11.6. The summed E-state index contributed by atoms with van der Waals surface area (Å²) in [7, 11) is 1.63. The van der Waals surface area contributed by atoms with E-state index in [1.165, 1.54) is 0 Å². The predicted octanol–water partition coefficient (Wildman–Crippen LogP) is 1.22. The first kappa shape index (κ1) is 15.0. The summed E-state index contributed by atoms with van der Waals surface area (Å²) in [5.41, 5.74) is 1.05. The van der Waals surface area contributed by atoms with Crippen molar-refractivity contribution in [3.63, 3.8) is 0 Å². The number of ether oxygens (including phenoxy) is 1. The molecule has 0 fully saturated rings. The van der Waals surface area contributed by atoms with Gasteiger partial charge in [-0.15, -0.1) is 0 Å². The van der Waals surface area contributed by atoms with Gasteiger partial charge in [-0.25, -0.2) is 0 Å². The molecule has 0 saturated heterocycles. The van der Waals surface area contributed by atoms with E-state index in [-0.39, 0.29) is 6.04 Å². The average molecular weight is 253 g/mol. The van der Waals surface area contributed by atoms with Gasteiger partial charge in [-0.2, -0.15) is 0 Å². The third-order valence-corrected chi connectivity index (χ3v) is 2.96. The van der Waals surface area contributed by atoms with Crippen molar-refractivity contribution in [2.45, 2.75) is 38.8 Å². The van der Waals surface area contributed by atoms with Gasteiger partial charge in [0.25, 0.3) is 0 Å². The van der Waals surface area contributed by atoms with Gasteiger partial charge in [0.15, 0.2) is 0 Å². The van der Waals surface area contributed by atoms with Gasteiger partial charge < -0.3 is 15.2 Å². The molecular formula is C13H23N3O2. The van der Waals surface area contributed by atoms with Crippen molar-refractivity contribution in [2.75, 3.05) is 20.3 Å². The van der Waals surface area contributed by atoms with E-state index in [0.29, 0.717) is 19.6 Å². The fourth-order valence-electron chi connectivity index (χ4n) is 1.72. The average Bonchev–Trinajstić information content (AvgIpc) is 2.34. The van der Waals surface area contributed by atoms with E-state index >= 15 is 0 Å². The lowest BCUT2D eigenvalue weighted by molar-refractivity contribution is 0.0230. The molecule has 1 rings (SSSR count). The molecule has 0 aliphatic heterocycles. The maximum absolute atomic E-state index is 10.1. The lowest BCUT2D eigenvalue weighted by atomic mass is 10.0. The first-order chi connectivity index (χ1) is 8.46. The molecule has 1 heterocycles. The highest BCUT2D eigenvalue weighted by Gasteiger charge is 2.21. The predicted molar refractivity (Wildman–Crippen MR) is 70.3 cm³/mol. The maximum Gasteiger partial charge on any atom is 0.0782 e. The van der Waals surface area contributed by atoms with Crippen LogP contribution in [0.3, 0.4) is 0 Å². The molecule has 2 atom stereocenters. The van der Waals surface area contributed by atoms with Crippen molar-refractivity contribution in [3.8, 4) is 0 Å². The van der Waals surface area contributed by atoms with Crippen LogP contribution in [-0.4, -0.2) is 40.9 Å². The van der Waals surface area contributed by atoms with Gasteiger partial charge >= 0.3 is 0 Å². The minimum absolute atomic E-state index is 0.0627. The minimum atomic E-state index is -0.777. The highest BCUT2D eigenvalue weighted by Crippen LogP contribution is 2.14. The summed E-state index contributed by atoms with van der Waals surface area (Å²) in [6.07, 6.45) is 3.96. The van der Waals surface area contributed by atoms with Crippen LogP contribution in [-0.2, 0) is 4.74 Å². The Kier molecular flexibility index (Phi) is 5.65. The van der Waals surface area contributed by atoms with Gasteiger partial charge in [0.1, 0.15) is 0 Å². The minimum Gasteiger partial charge on any atom is -0.389 e. The third kappa shape index (κ3) is 4.68. The van der Waals surface area contributed by atoms with Crippen LogP contribution in [0.1, 0.15) is 37.7 Å². The maximum atomic E-state index is 10.1. The first-order valence-electron chi connectivity index (χ1n) is 6.18. The molecule has 18 heavy (non-hydrogen) atoms. The second-order valence-electron chi connectivity index (χ2n) is 4.87. The highest BCUT2D eigenvalue weighted by molar-refractivity contribution is 5.12. The Morgan fingerprint density at radius 1 is 1.44 bits per heavy atom. The smallest absolute Gasteiger partial charge is 0.0782 e. The monoisotopic (exact) mass is 253 g/mol. The number of hydrogen-bond donors (Lipinski definition) is 2. The summed E-state index contributed by atoms with van der Waals surface area (Å²) in [6.45, 7) is 6.79. The van der Waals surface area contributed by atoms with Crippen LogP contribution < -0.4 is 5.32 Å². The van der Waals surface area contributed by atoms with Crippen LogP contribution >= 0.6 is 0 Å². The van der Waals surface area contributed by atoms with E-state index in [0.717, 1.165) is 11.4 Å². The zero-order valence-corrected chi connectivity index (χ0v) is 11.6. The number of rotatable bonds is 7. The molecule has 5 nitrogen and oxygen atoms in total. The largest absolute Gasteiger partial charge is 0.389 e. The molecule has 2 N–H and O–H groups in total. The molecule has 0 radical (unpaired) electrons.